The molecule has 0 radical (unpaired) electrons. The topological polar surface area (TPSA) is 29.0 Å². The van der Waals surface area contributed by atoms with Gasteiger partial charge in [-0.3, -0.25) is 0 Å². The quantitative estimate of drug-likeness (QED) is 0.591. The van der Waals surface area contributed by atoms with Crippen molar-refractivity contribution in [2.75, 3.05) is 11.4 Å². The molecule has 1 aliphatic heterocycles. The maximum absolute atomic E-state index is 4.98. The van der Waals surface area contributed by atoms with Gasteiger partial charge in [0, 0.05) is 28.0 Å². The lowest BCUT2D eigenvalue weighted by atomic mass is 10.0. The number of anilines is 1. The molecule has 1 atom stereocenters. The van der Waals surface area contributed by atoms with Crippen molar-refractivity contribution in [2.45, 2.75) is 32.2 Å². The number of halogens is 1. The molecule has 2 aromatic carbocycles. The lowest BCUT2D eigenvalue weighted by Crippen LogP contribution is -2.38. The molecular weight excluding hydrogens is 362 g/mol. The second kappa shape index (κ2) is 6.52. The summed E-state index contributed by atoms with van der Waals surface area (Å²) in [6.45, 7) is 3.36. The first kappa shape index (κ1) is 15.6. The highest BCUT2D eigenvalue weighted by molar-refractivity contribution is 9.10. The van der Waals surface area contributed by atoms with Gasteiger partial charge in [-0.05, 0) is 44.4 Å². The number of hydrogen-bond acceptors (Lipinski definition) is 3. The van der Waals surface area contributed by atoms with Crippen LogP contribution in [0.2, 0.25) is 0 Å². The van der Waals surface area contributed by atoms with Gasteiger partial charge in [-0.1, -0.05) is 46.3 Å². The molecule has 1 saturated heterocycles. The zero-order chi connectivity index (χ0) is 16.5. The van der Waals surface area contributed by atoms with Crippen molar-refractivity contribution in [1.29, 1.82) is 0 Å². The van der Waals surface area contributed by atoms with Crippen molar-refractivity contribution in [1.82, 2.24) is 9.97 Å². The van der Waals surface area contributed by atoms with E-state index in [1.54, 1.807) is 0 Å². The molecule has 4 rings (SSSR count). The summed E-state index contributed by atoms with van der Waals surface area (Å²) < 4.78 is 1.07. The van der Waals surface area contributed by atoms with Crippen LogP contribution >= 0.6 is 15.9 Å². The van der Waals surface area contributed by atoms with E-state index in [0.717, 1.165) is 39.1 Å². The summed E-state index contributed by atoms with van der Waals surface area (Å²) in [4.78, 5) is 12.2. The van der Waals surface area contributed by atoms with Crippen molar-refractivity contribution >= 4 is 32.7 Å². The first-order chi connectivity index (χ1) is 11.7. The summed E-state index contributed by atoms with van der Waals surface area (Å²) in [5.41, 5.74) is 2.06. The third-order valence-corrected chi connectivity index (χ3v) is 5.24. The first-order valence-corrected chi connectivity index (χ1v) is 9.31. The van der Waals surface area contributed by atoms with Crippen LogP contribution in [-0.4, -0.2) is 22.6 Å². The number of piperidine rings is 1. The van der Waals surface area contributed by atoms with Crippen LogP contribution in [0, 0.1) is 0 Å². The van der Waals surface area contributed by atoms with Crippen LogP contribution in [0.5, 0.6) is 0 Å². The molecule has 3 nitrogen and oxygen atoms in total. The van der Waals surface area contributed by atoms with Crippen LogP contribution in [0.3, 0.4) is 0 Å². The number of rotatable bonds is 2. The van der Waals surface area contributed by atoms with Crippen LogP contribution < -0.4 is 4.90 Å². The third kappa shape index (κ3) is 2.91. The highest BCUT2D eigenvalue weighted by Crippen LogP contribution is 2.33. The summed E-state index contributed by atoms with van der Waals surface area (Å²) in [6, 6.07) is 17.0. The summed E-state index contributed by atoms with van der Waals surface area (Å²) in [6.07, 6.45) is 3.75. The van der Waals surface area contributed by atoms with E-state index >= 15 is 0 Å². The molecule has 0 bridgehead atoms. The molecule has 0 aliphatic carbocycles. The average Bonchev–Trinajstić information content (AvgIpc) is 2.62. The molecular formula is C20H20BrN3. The Morgan fingerprint density at radius 2 is 1.88 bits per heavy atom. The van der Waals surface area contributed by atoms with Crippen molar-refractivity contribution in [3.05, 3.63) is 53.0 Å². The summed E-state index contributed by atoms with van der Waals surface area (Å²) in [7, 11) is 0. The van der Waals surface area contributed by atoms with Gasteiger partial charge in [-0.25, -0.2) is 9.97 Å². The minimum atomic E-state index is 0.513. The maximum atomic E-state index is 4.98. The molecule has 24 heavy (non-hydrogen) atoms. The lowest BCUT2D eigenvalue weighted by Gasteiger charge is -2.35. The van der Waals surface area contributed by atoms with Gasteiger partial charge < -0.3 is 4.90 Å². The van der Waals surface area contributed by atoms with E-state index in [9.17, 15) is 0 Å². The van der Waals surface area contributed by atoms with Gasteiger partial charge >= 0.3 is 0 Å². The van der Waals surface area contributed by atoms with E-state index in [4.69, 9.17) is 9.97 Å². The zero-order valence-electron chi connectivity index (χ0n) is 13.7. The van der Waals surface area contributed by atoms with Gasteiger partial charge in [-0.2, -0.15) is 0 Å². The van der Waals surface area contributed by atoms with E-state index in [2.05, 4.69) is 52.0 Å². The van der Waals surface area contributed by atoms with Crippen LogP contribution in [-0.2, 0) is 0 Å². The zero-order valence-corrected chi connectivity index (χ0v) is 15.3. The second-order valence-corrected chi connectivity index (χ2v) is 7.35. The Bertz CT molecular complexity index is 863. The smallest absolute Gasteiger partial charge is 0.162 e. The number of fused-ring (bicyclic) bond motifs is 1. The maximum Gasteiger partial charge on any atom is 0.162 e. The fraction of sp³-hybridized carbons (Fsp3) is 0.300. The molecule has 1 unspecified atom stereocenters. The SMILES string of the molecule is CC1CCCCN1c1nc(-c2ccccc2)nc2ccc(Br)cc12. The normalized spacial score (nSPS) is 18.1. The van der Waals surface area contributed by atoms with Gasteiger partial charge in [0.2, 0.25) is 0 Å². The molecule has 4 heteroatoms. The Labute approximate surface area is 150 Å². The fourth-order valence-electron chi connectivity index (χ4n) is 3.43. The molecule has 1 aliphatic rings. The van der Waals surface area contributed by atoms with Crippen LogP contribution in [0.15, 0.2) is 53.0 Å². The molecule has 0 N–H and O–H groups in total. The fourth-order valence-corrected chi connectivity index (χ4v) is 3.79. The molecule has 0 amide bonds. The molecule has 1 aromatic heterocycles. The van der Waals surface area contributed by atoms with Crippen molar-refractivity contribution in [3.63, 3.8) is 0 Å². The largest absolute Gasteiger partial charge is 0.353 e. The van der Waals surface area contributed by atoms with E-state index in [1.165, 1.54) is 19.3 Å². The Kier molecular flexibility index (Phi) is 4.23. The second-order valence-electron chi connectivity index (χ2n) is 6.44. The van der Waals surface area contributed by atoms with E-state index < -0.39 is 0 Å². The summed E-state index contributed by atoms with van der Waals surface area (Å²) in [5.74, 6) is 1.87. The average molecular weight is 382 g/mol. The number of hydrogen-bond donors (Lipinski definition) is 0. The van der Waals surface area contributed by atoms with E-state index in [-0.39, 0.29) is 0 Å². The van der Waals surface area contributed by atoms with Crippen LogP contribution in [0.25, 0.3) is 22.3 Å². The number of aromatic nitrogens is 2. The van der Waals surface area contributed by atoms with Crippen LogP contribution in [0.4, 0.5) is 5.82 Å². The third-order valence-electron chi connectivity index (χ3n) is 4.74. The molecule has 0 saturated carbocycles. The lowest BCUT2D eigenvalue weighted by molar-refractivity contribution is 0.482. The Morgan fingerprint density at radius 3 is 2.67 bits per heavy atom. The molecule has 3 aromatic rings. The summed E-state index contributed by atoms with van der Waals surface area (Å²) >= 11 is 3.60. The van der Waals surface area contributed by atoms with Crippen LogP contribution in [0.1, 0.15) is 26.2 Å². The van der Waals surface area contributed by atoms with Crippen molar-refractivity contribution in [2.24, 2.45) is 0 Å². The standard InChI is InChI=1S/C20H20BrN3/c1-14-7-5-6-12-24(14)20-17-13-16(21)10-11-18(17)22-19(23-20)15-8-3-2-4-9-15/h2-4,8-11,13-14H,5-7,12H2,1H3. The Hall–Kier alpha value is -1.94. The highest BCUT2D eigenvalue weighted by atomic mass is 79.9. The summed E-state index contributed by atoms with van der Waals surface area (Å²) in [5, 5.41) is 1.12. The predicted octanol–water partition coefficient (Wildman–Crippen LogP) is 5.44. The van der Waals surface area contributed by atoms with Gasteiger partial charge in [0.15, 0.2) is 5.82 Å². The van der Waals surface area contributed by atoms with E-state index in [1.807, 2.05) is 24.3 Å². The van der Waals surface area contributed by atoms with Gasteiger partial charge in [-0.15, -0.1) is 0 Å². The van der Waals surface area contributed by atoms with Gasteiger partial charge in [0.05, 0.1) is 5.52 Å². The number of nitrogens with zero attached hydrogens (tertiary/aromatic N) is 3. The molecule has 1 fully saturated rings. The molecule has 122 valence electrons. The van der Waals surface area contributed by atoms with Crippen molar-refractivity contribution < 1.29 is 0 Å². The highest BCUT2D eigenvalue weighted by Gasteiger charge is 2.23. The molecule has 2 heterocycles. The van der Waals surface area contributed by atoms with Gasteiger partial charge in [0.25, 0.3) is 0 Å². The minimum Gasteiger partial charge on any atom is -0.353 e. The Morgan fingerprint density at radius 1 is 1.04 bits per heavy atom. The monoisotopic (exact) mass is 381 g/mol. The van der Waals surface area contributed by atoms with Crippen molar-refractivity contribution in [3.8, 4) is 11.4 Å². The first-order valence-electron chi connectivity index (χ1n) is 8.52. The van der Waals surface area contributed by atoms with Gasteiger partial charge in [0.1, 0.15) is 5.82 Å². The predicted molar refractivity (Wildman–Crippen MR) is 103 cm³/mol. The van der Waals surface area contributed by atoms with E-state index in [0.29, 0.717) is 6.04 Å². The number of benzene rings is 2. The minimum absolute atomic E-state index is 0.513. The Balaban J connectivity index is 1.93. The molecule has 0 spiro atoms.